The Morgan fingerprint density at radius 1 is 1.64 bits per heavy atom. The highest BCUT2D eigenvalue weighted by Gasteiger charge is 2.04. The van der Waals surface area contributed by atoms with E-state index in [1.165, 1.54) is 18.5 Å². The molecule has 0 bridgehead atoms. The number of dihydropyridines is 1. The molecule has 0 aromatic carbocycles. The van der Waals surface area contributed by atoms with Crippen LogP contribution in [0, 0.1) is 5.92 Å². The molecule has 1 rings (SSSR count). The van der Waals surface area contributed by atoms with Gasteiger partial charge in [0.15, 0.2) is 0 Å². The maximum Gasteiger partial charge on any atom is 0.0443 e. The molecular weight excluding hydrogens is 174 g/mol. The van der Waals surface area contributed by atoms with Crippen LogP contribution in [-0.4, -0.2) is 25.8 Å². The van der Waals surface area contributed by atoms with Crippen LogP contribution in [-0.2, 0) is 0 Å². The van der Waals surface area contributed by atoms with Crippen LogP contribution < -0.4 is 11.1 Å². The molecule has 1 heterocycles. The molecule has 0 fully saturated rings. The van der Waals surface area contributed by atoms with Crippen LogP contribution in [0.5, 0.6) is 0 Å². The molecular formula is C11H21N3. The van der Waals surface area contributed by atoms with Crippen LogP contribution >= 0.6 is 0 Å². The third-order valence-electron chi connectivity index (χ3n) is 2.71. The van der Waals surface area contributed by atoms with Crippen molar-refractivity contribution in [3.63, 3.8) is 0 Å². The number of hydrogen-bond acceptors (Lipinski definition) is 3. The van der Waals surface area contributed by atoms with Gasteiger partial charge in [-0.15, -0.1) is 0 Å². The zero-order valence-electron chi connectivity index (χ0n) is 9.00. The third-order valence-corrected chi connectivity index (χ3v) is 2.71. The Morgan fingerprint density at radius 3 is 3.07 bits per heavy atom. The zero-order chi connectivity index (χ0) is 10.2. The number of hydrogen-bond donors (Lipinski definition) is 2. The molecule has 0 aliphatic carbocycles. The van der Waals surface area contributed by atoms with Crippen molar-refractivity contribution in [2.24, 2.45) is 16.6 Å². The molecule has 0 radical (unpaired) electrons. The molecule has 0 saturated heterocycles. The van der Waals surface area contributed by atoms with E-state index in [4.69, 9.17) is 5.73 Å². The molecule has 3 N–H and O–H groups in total. The fourth-order valence-electron chi connectivity index (χ4n) is 1.56. The first kappa shape index (κ1) is 11.2. The number of allylic oxidation sites excluding steroid dienone is 1. The van der Waals surface area contributed by atoms with Crippen molar-refractivity contribution in [3.8, 4) is 0 Å². The van der Waals surface area contributed by atoms with Gasteiger partial charge in [0.1, 0.15) is 0 Å². The Kier molecular flexibility index (Phi) is 5.30. The normalized spacial score (nSPS) is 17.7. The van der Waals surface area contributed by atoms with Gasteiger partial charge in [-0.3, -0.25) is 4.99 Å². The van der Waals surface area contributed by atoms with Crippen molar-refractivity contribution in [2.45, 2.75) is 26.2 Å². The van der Waals surface area contributed by atoms with Gasteiger partial charge in [0, 0.05) is 31.4 Å². The lowest BCUT2D eigenvalue weighted by Crippen LogP contribution is -2.22. The van der Waals surface area contributed by atoms with Gasteiger partial charge in [-0.1, -0.05) is 13.3 Å². The fraction of sp³-hybridized carbons (Fsp3) is 0.727. The molecule has 3 nitrogen and oxygen atoms in total. The summed E-state index contributed by atoms with van der Waals surface area (Å²) in [4.78, 5) is 4.14. The summed E-state index contributed by atoms with van der Waals surface area (Å²) in [5, 5.41) is 3.44. The van der Waals surface area contributed by atoms with Gasteiger partial charge >= 0.3 is 0 Å². The molecule has 14 heavy (non-hydrogen) atoms. The predicted molar refractivity (Wildman–Crippen MR) is 61.5 cm³/mol. The summed E-state index contributed by atoms with van der Waals surface area (Å²) >= 11 is 0. The van der Waals surface area contributed by atoms with E-state index < -0.39 is 0 Å². The lowest BCUT2D eigenvalue weighted by atomic mass is 10.0. The van der Waals surface area contributed by atoms with Gasteiger partial charge in [-0.2, -0.15) is 0 Å². The molecule has 1 unspecified atom stereocenters. The summed E-state index contributed by atoms with van der Waals surface area (Å²) in [6.45, 7) is 4.96. The van der Waals surface area contributed by atoms with E-state index in [0.29, 0.717) is 5.92 Å². The van der Waals surface area contributed by atoms with E-state index >= 15 is 0 Å². The smallest absolute Gasteiger partial charge is 0.0443 e. The first-order chi connectivity index (χ1) is 6.86. The fourth-order valence-corrected chi connectivity index (χ4v) is 1.56. The number of nitrogens with two attached hydrogens (primary N) is 1. The van der Waals surface area contributed by atoms with Crippen molar-refractivity contribution >= 4 is 6.21 Å². The van der Waals surface area contributed by atoms with Crippen molar-refractivity contribution in [2.75, 3.05) is 19.6 Å². The lowest BCUT2D eigenvalue weighted by molar-refractivity contribution is 0.470. The highest BCUT2D eigenvalue weighted by atomic mass is 14.9. The molecule has 0 aromatic rings. The summed E-state index contributed by atoms with van der Waals surface area (Å²) in [6, 6.07) is 0. The molecule has 1 aliphatic rings. The Morgan fingerprint density at radius 2 is 2.50 bits per heavy atom. The minimum atomic E-state index is 0.667. The van der Waals surface area contributed by atoms with E-state index in [2.05, 4.69) is 23.3 Å². The van der Waals surface area contributed by atoms with Gasteiger partial charge in [0.05, 0.1) is 0 Å². The van der Waals surface area contributed by atoms with Crippen LogP contribution in [0.3, 0.4) is 0 Å². The Bertz CT molecular complexity index is 205. The number of nitrogens with one attached hydrogen (secondary N) is 1. The van der Waals surface area contributed by atoms with E-state index in [9.17, 15) is 0 Å². The quantitative estimate of drug-likeness (QED) is 0.671. The molecule has 1 atom stereocenters. The Hall–Kier alpha value is -0.830. The number of nitrogens with zero attached hydrogens (tertiary/aromatic N) is 1. The standard InChI is InChI=1S/C11H21N3/c1-2-10(9-12)3-8-14-11-4-6-13-7-5-11/h4,6,10,14H,2-3,5,7-9,12H2,1H3. The average Bonchev–Trinajstić information content (AvgIpc) is 2.26. The predicted octanol–water partition coefficient (Wildman–Crippen LogP) is 1.31. The molecule has 0 aromatic heterocycles. The molecule has 0 spiro atoms. The van der Waals surface area contributed by atoms with E-state index in [-0.39, 0.29) is 0 Å². The summed E-state index contributed by atoms with van der Waals surface area (Å²) in [5.74, 6) is 0.667. The molecule has 0 saturated carbocycles. The van der Waals surface area contributed by atoms with Crippen molar-refractivity contribution in [3.05, 3.63) is 11.8 Å². The van der Waals surface area contributed by atoms with E-state index in [0.717, 1.165) is 26.1 Å². The SMILES string of the molecule is CCC(CN)CCNC1=CC=NCC1. The van der Waals surface area contributed by atoms with Gasteiger partial charge in [-0.25, -0.2) is 0 Å². The second-order valence-corrected chi connectivity index (χ2v) is 3.72. The van der Waals surface area contributed by atoms with Crippen LogP contribution in [0.15, 0.2) is 16.8 Å². The average molecular weight is 195 g/mol. The molecule has 3 heteroatoms. The summed E-state index contributed by atoms with van der Waals surface area (Å²) in [6.07, 6.45) is 7.34. The van der Waals surface area contributed by atoms with Gasteiger partial charge < -0.3 is 11.1 Å². The largest absolute Gasteiger partial charge is 0.388 e. The van der Waals surface area contributed by atoms with Crippen molar-refractivity contribution < 1.29 is 0 Å². The van der Waals surface area contributed by atoms with Gasteiger partial charge in [0.2, 0.25) is 0 Å². The minimum absolute atomic E-state index is 0.667. The van der Waals surface area contributed by atoms with Crippen LogP contribution in [0.1, 0.15) is 26.2 Å². The summed E-state index contributed by atoms with van der Waals surface area (Å²) < 4.78 is 0. The summed E-state index contributed by atoms with van der Waals surface area (Å²) in [7, 11) is 0. The topological polar surface area (TPSA) is 50.4 Å². The maximum atomic E-state index is 5.64. The molecule has 0 amide bonds. The van der Waals surface area contributed by atoms with Crippen molar-refractivity contribution in [1.29, 1.82) is 0 Å². The molecule has 80 valence electrons. The van der Waals surface area contributed by atoms with Crippen LogP contribution in [0.4, 0.5) is 0 Å². The first-order valence-electron chi connectivity index (χ1n) is 5.49. The highest BCUT2D eigenvalue weighted by Crippen LogP contribution is 2.06. The second-order valence-electron chi connectivity index (χ2n) is 3.72. The van der Waals surface area contributed by atoms with E-state index in [1.807, 2.05) is 6.21 Å². The van der Waals surface area contributed by atoms with Crippen LogP contribution in [0.25, 0.3) is 0 Å². The summed E-state index contributed by atoms with van der Waals surface area (Å²) in [5.41, 5.74) is 6.95. The molecule has 1 aliphatic heterocycles. The third kappa shape index (κ3) is 3.92. The maximum absolute atomic E-state index is 5.64. The minimum Gasteiger partial charge on any atom is -0.388 e. The van der Waals surface area contributed by atoms with Crippen LogP contribution in [0.2, 0.25) is 0 Å². The number of rotatable bonds is 6. The highest BCUT2D eigenvalue weighted by molar-refractivity contribution is 5.72. The van der Waals surface area contributed by atoms with Gasteiger partial charge in [-0.05, 0) is 25.0 Å². The zero-order valence-corrected chi connectivity index (χ0v) is 9.00. The van der Waals surface area contributed by atoms with E-state index in [1.54, 1.807) is 0 Å². The van der Waals surface area contributed by atoms with Crippen molar-refractivity contribution in [1.82, 2.24) is 5.32 Å². The lowest BCUT2D eigenvalue weighted by Gasteiger charge is -2.15. The monoisotopic (exact) mass is 195 g/mol. The number of aliphatic imine (C=N–C) groups is 1. The first-order valence-corrected chi connectivity index (χ1v) is 5.49. The Balaban J connectivity index is 2.14. The second kappa shape index (κ2) is 6.60. The van der Waals surface area contributed by atoms with Gasteiger partial charge in [0.25, 0.3) is 0 Å². The Labute approximate surface area is 86.5 Å².